The van der Waals surface area contributed by atoms with Crippen LogP contribution in [0.1, 0.15) is 55.3 Å². The van der Waals surface area contributed by atoms with E-state index in [-0.39, 0.29) is 29.8 Å². The third-order valence-electron chi connectivity index (χ3n) is 7.19. The highest BCUT2D eigenvalue weighted by Gasteiger charge is 2.43. The molecule has 4 nitrogen and oxygen atoms in total. The Morgan fingerprint density at radius 3 is 2.36 bits per heavy atom. The van der Waals surface area contributed by atoms with Crippen LogP contribution < -0.4 is 10.1 Å². The molecule has 0 bridgehead atoms. The van der Waals surface area contributed by atoms with Gasteiger partial charge in [-0.2, -0.15) is 0 Å². The number of nitrogens with one attached hydrogen (secondary N) is 1. The average molecular weight is 526 g/mol. The lowest BCUT2D eigenvalue weighted by molar-refractivity contribution is -0.146. The van der Waals surface area contributed by atoms with Gasteiger partial charge in [0.2, 0.25) is 5.91 Å². The quantitative estimate of drug-likeness (QED) is 0.320. The number of hydrogen-bond donors (Lipinski definition) is 1. The van der Waals surface area contributed by atoms with Gasteiger partial charge in [-0.15, -0.1) is 0 Å². The van der Waals surface area contributed by atoms with Crippen LogP contribution in [0.2, 0.25) is 10.0 Å². The van der Waals surface area contributed by atoms with Gasteiger partial charge < -0.3 is 15.0 Å². The van der Waals surface area contributed by atoms with E-state index in [1.54, 1.807) is 7.11 Å². The van der Waals surface area contributed by atoms with Crippen molar-refractivity contribution in [3.8, 4) is 5.75 Å². The number of methoxy groups -OCH3 is 1. The van der Waals surface area contributed by atoms with Crippen LogP contribution in [0.5, 0.6) is 5.75 Å². The molecule has 3 aromatic rings. The summed E-state index contributed by atoms with van der Waals surface area (Å²) in [6, 6.07) is 24.0. The fraction of sp³-hybridized carbons (Fsp3) is 0.367. The van der Waals surface area contributed by atoms with Crippen molar-refractivity contribution in [3.05, 3.63) is 99.5 Å². The molecule has 1 saturated heterocycles. The first-order chi connectivity index (χ1) is 17.4. The van der Waals surface area contributed by atoms with E-state index < -0.39 is 0 Å². The Morgan fingerprint density at radius 1 is 1.00 bits per heavy atom. The molecule has 0 spiro atoms. The zero-order valence-electron chi connectivity index (χ0n) is 21.1. The maximum atomic E-state index is 13.8. The Bertz CT molecular complexity index is 1150. The lowest BCUT2D eigenvalue weighted by Crippen LogP contribution is -2.53. The summed E-state index contributed by atoms with van der Waals surface area (Å²) in [6.07, 6.45) is 1.62. The molecule has 1 amide bonds. The molecule has 190 valence electrons. The van der Waals surface area contributed by atoms with Crippen molar-refractivity contribution in [2.45, 2.75) is 51.2 Å². The highest BCUT2D eigenvalue weighted by atomic mass is 35.5. The molecule has 6 heteroatoms. The molecule has 0 radical (unpaired) electrons. The number of likely N-dealkylation sites (tertiary alicyclic amines) is 1. The summed E-state index contributed by atoms with van der Waals surface area (Å²) in [5.74, 6) is 1.10. The van der Waals surface area contributed by atoms with Crippen molar-refractivity contribution in [1.29, 1.82) is 0 Å². The number of carbonyl (C=O) groups is 1. The van der Waals surface area contributed by atoms with Crippen molar-refractivity contribution in [1.82, 2.24) is 10.2 Å². The topological polar surface area (TPSA) is 41.6 Å². The van der Waals surface area contributed by atoms with Crippen LogP contribution >= 0.6 is 23.2 Å². The van der Waals surface area contributed by atoms with Gasteiger partial charge in [0.05, 0.1) is 13.2 Å². The van der Waals surface area contributed by atoms with E-state index in [0.717, 1.165) is 36.3 Å². The maximum Gasteiger partial charge on any atom is 0.226 e. The van der Waals surface area contributed by atoms with Crippen LogP contribution in [0.4, 0.5) is 0 Å². The van der Waals surface area contributed by atoms with E-state index in [1.807, 2.05) is 49.4 Å². The number of benzene rings is 3. The Hall–Kier alpha value is -2.53. The first-order valence-electron chi connectivity index (χ1n) is 12.6. The average Bonchev–Trinajstić information content (AvgIpc) is 2.89. The van der Waals surface area contributed by atoms with Gasteiger partial charge in [0, 0.05) is 41.0 Å². The summed E-state index contributed by atoms with van der Waals surface area (Å²) in [6.45, 7) is 5.62. The Kier molecular flexibility index (Phi) is 8.95. The second-order valence-corrected chi connectivity index (χ2v) is 10.5. The van der Waals surface area contributed by atoms with Gasteiger partial charge in [-0.05, 0) is 65.9 Å². The van der Waals surface area contributed by atoms with Crippen molar-refractivity contribution in [2.75, 3.05) is 13.7 Å². The van der Waals surface area contributed by atoms with Gasteiger partial charge in [-0.1, -0.05) is 73.4 Å². The second-order valence-electron chi connectivity index (χ2n) is 9.58. The van der Waals surface area contributed by atoms with Crippen LogP contribution in [-0.4, -0.2) is 30.5 Å². The van der Waals surface area contributed by atoms with Gasteiger partial charge in [-0.25, -0.2) is 0 Å². The van der Waals surface area contributed by atoms with Gasteiger partial charge in [0.25, 0.3) is 0 Å². The van der Waals surface area contributed by atoms with E-state index in [2.05, 4.69) is 47.5 Å². The minimum absolute atomic E-state index is 0.0425. The van der Waals surface area contributed by atoms with Crippen LogP contribution in [0.3, 0.4) is 0 Å². The minimum atomic E-state index is -0.0998. The monoisotopic (exact) mass is 524 g/mol. The van der Waals surface area contributed by atoms with Gasteiger partial charge in [0.15, 0.2) is 0 Å². The minimum Gasteiger partial charge on any atom is -0.497 e. The number of amides is 1. The standard InChI is InChI=1S/C30H34Cl2N2O2/c1-4-26(19-33-18-21-8-14-27(36-3)15-9-21)34-29(22-10-12-24(31)13-11-22)28(16-20(2)30(34)35)23-6-5-7-25(32)17-23/h5-15,17,20,26,28-29,33H,4,16,18-19H2,1-3H3/t20-,26-,28+,29+/m0/s1. The fourth-order valence-electron chi connectivity index (χ4n) is 5.28. The Balaban J connectivity index is 1.63. The molecular weight excluding hydrogens is 491 g/mol. The number of rotatable bonds is 9. The van der Waals surface area contributed by atoms with Crippen molar-refractivity contribution >= 4 is 29.1 Å². The van der Waals surface area contributed by atoms with Crippen molar-refractivity contribution < 1.29 is 9.53 Å². The van der Waals surface area contributed by atoms with Gasteiger partial charge >= 0.3 is 0 Å². The molecule has 1 N–H and O–H groups in total. The second kappa shape index (κ2) is 12.1. The summed E-state index contributed by atoms with van der Waals surface area (Å²) in [7, 11) is 1.67. The molecule has 1 heterocycles. The third kappa shape index (κ3) is 6.05. The molecule has 0 unspecified atom stereocenters. The maximum absolute atomic E-state index is 13.8. The normalized spacial score (nSPS) is 20.9. The summed E-state index contributed by atoms with van der Waals surface area (Å²) in [5, 5.41) is 4.99. The zero-order chi connectivity index (χ0) is 25.7. The van der Waals surface area contributed by atoms with E-state index in [4.69, 9.17) is 27.9 Å². The number of ether oxygens (including phenoxy) is 1. The van der Waals surface area contributed by atoms with E-state index in [0.29, 0.717) is 16.6 Å². The number of nitrogens with zero attached hydrogens (tertiary/aromatic N) is 1. The molecule has 1 aliphatic rings. The number of piperidine rings is 1. The molecule has 3 aromatic carbocycles. The van der Waals surface area contributed by atoms with Crippen molar-refractivity contribution in [2.24, 2.45) is 5.92 Å². The first-order valence-corrected chi connectivity index (χ1v) is 13.3. The molecule has 4 rings (SSSR count). The lowest BCUT2D eigenvalue weighted by Gasteiger charge is -2.48. The molecule has 4 atom stereocenters. The molecule has 1 fully saturated rings. The number of halogens is 2. The summed E-state index contributed by atoms with van der Waals surface area (Å²) < 4.78 is 5.26. The lowest BCUT2D eigenvalue weighted by atomic mass is 9.75. The SMILES string of the molecule is CC[C@@H](CNCc1ccc(OC)cc1)N1C(=O)[C@@H](C)C[C@H](c2cccc(Cl)c2)[C@H]1c1ccc(Cl)cc1. The van der Waals surface area contributed by atoms with E-state index in [1.165, 1.54) is 5.56 Å². The molecule has 0 aromatic heterocycles. The van der Waals surface area contributed by atoms with Crippen molar-refractivity contribution in [3.63, 3.8) is 0 Å². The highest BCUT2D eigenvalue weighted by molar-refractivity contribution is 6.30. The molecular formula is C30H34Cl2N2O2. The first kappa shape index (κ1) is 26.5. The van der Waals surface area contributed by atoms with Gasteiger partial charge in [0.1, 0.15) is 5.75 Å². The largest absolute Gasteiger partial charge is 0.497 e. The van der Waals surface area contributed by atoms with E-state index >= 15 is 0 Å². The number of hydrogen-bond acceptors (Lipinski definition) is 3. The fourth-order valence-corrected chi connectivity index (χ4v) is 5.60. The van der Waals surface area contributed by atoms with E-state index in [9.17, 15) is 4.79 Å². The van der Waals surface area contributed by atoms with Crippen LogP contribution in [0.25, 0.3) is 0 Å². The summed E-state index contributed by atoms with van der Waals surface area (Å²) in [5.41, 5.74) is 3.43. The van der Waals surface area contributed by atoms with Gasteiger partial charge in [-0.3, -0.25) is 4.79 Å². The molecule has 1 aliphatic heterocycles. The van der Waals surface area contributed by atoms with Crippen LogP contribution in [0, 0.1) is 5.92 Å². The third-order valence-corrected chi connectivity index (χ3v) is 7.67. The molecule has 0 saturated carbocycles. The predicted molar refractivity (Wildman–Crippen MR) is 148 cm³/mol. The smallest absolute Gasteiger partial charge is 0.226 e. The Morgan fingerprint density at radius 2 is 1.72 bits per heavy atom. The van der Waals surface area contributed by atoms with Crippen LogP contribution in [0.15, 0.2) is 72.8 Å². The summed E-state index contributed by atoms with van der Waals surface area (Å²) >= 11 is 12.6. The summed E-state index contributed by atoms with van der Waals surface area (Å²) in [4.78, 5) is 15.9. The Labute approximate surface area is 224 Å². The molecule has 0 aliphatic carbocycles. The predicted octanol–water partition coefficient (Wildman–Crippen LogP) is 7.26. The number of carbonyl (C=O) groups excluding carboxylic acids is 1. The molecule has 36 heavy (non-hydrogen) atoms. The highest BCUT2D eigenvalue weighted by Crippen LogP contribution is 2.46. The zero-order valence-corrected chi connectivity index (χ0v) is 22.6. The van der Waals surface area contributed by atoms with Crippen LogP contribution in [-0.2, 0) is 11.3 Å².